The Morgan fingerprint density at radius 1 is 0.508 bits per heavy atom. The Hall–Kier alpha value is -3.82. The molecule has 5 nitrogen and oxygen atoms in total. The van der Waals surface area contributed by atoms with Gasteiger partial charge in [0.1, 0.15) is 28.9 Å². The lowest BCUT2D eigenvalue weighted by molar-refractivity contribution is -0.133. The molecule has 4 aromatic rings. The third-order valence-electron chi connectivity index (χ3n) is 11.9. The van der Waals surface area contributed by atoms with E-state index in [1.54, 1.807) is 0 Å². The maximum atomic E-state index is 13.9. The standard InChI is InChI=1S/C53H71O5P/c1-30-21-32(42-38-26-37(50(9,10)11)29-41(53(18,19)20)46(38)55-47(42)54)22-31(2)43(30)56-59-57-44-33(24-35(48(3,4)5)27-39(44)51(12,13)14)23-34-25-36(49(6,7)8)28-40(45(34)58-59)52(15,16)17/h21-22,24-29,42H,23H2,1-20H3. The van der Waals surface area contributed by atoms with Crippen LogP contribution in [0, 0.1) is 13.8 Å². The predicted molar refractivity (Wildman–Crippen MR) is 247 cm³/mol. The van der Waals surface area contributed by atoms with Gasteiger partial charge in [-0.1, -0.05) is 173 Å². The Bertz CT molecular complexity index is 2200. The van der Waals surface area contributed by atoms with Crippen LogP contribution in [-0.4, -0.2) is 5.97 Å². The number of aryl methyl sites for hydroxylation is 2. The first-order chi connectivity index (χ1) is 26.7. The fourth-order valence-corrected chi connectivity index (χ4v) is 9.47. The number of benzene rings is 4. The second-order valence-electron chi connectivity index (χ2n) is 23.5. The molecule has 6 heteroatoms. The highest BCUT2D eigenvalue weighted by Crippen LogP contribution is 2.55. The minimum Gasteiger partial charge on any atom is -0.425 e. The van der Waals surface area contributed by atoms with Crippen molar-refractivity contribution in [2.75, 3.05) is 0 Å². The first kappa shape index (κ1) is 44.7. The quantitative estimate of drug-likeness (QED) is 0.117. The number of hydrogen-bond acceptors (Lipinski definition) is 5. The van der Waals surface area contributed by atoms with Gasteiger partial charge in [0.2, 0.25) is 0 Å². The number of rotatable bonds is 3. The van der Waals surface area contributed by atoms with E-state index in [1.807, 2.05) is 13.8 Å². The van der Waals surface area contributed by atoms with E-state index in [2.05, 4.69) is 173 Å². The molecule has 0 amide bonds. The summed E-state index contributed by atoms with van der Waals surface area (Å²) in [5.74, 6) is 2.27. The SMILES string of the molecule is Cc1cc(C2C(=O)Oc3c2cc(C(C)(C)C)cc3C(C)(C)C)cc(C)c1OP1Oc2c(cc(C(C)(C)C)cc2C(C)(C)C)Cc2cc(C(C)(C)C)cc(C(C)(C)C)c2O1. The third kappa shape index (κ3) is 8.98. The van der Waals surface area contributed by atoms with Crippen molar-refractivity contribution >= 4 is 14.6 Å². The molecule has 0 spiro atoms. The van der Waals surface area contributed by atoms with Crippen LogP contribution < -0.4 is 18.3 Å². The number of carbonyl (C=O) groups is 1. The van der Waals surface area contributed by atoms with Gasteiger partial charge < -0.3 is 18.3 Å². The molecule has 0 N–H and O–H groups in total. The zero-order valence-electron chi connectivity index (χ0n) is 39.9. The second kappa shape index (κ2) is 14.7. The first-order valence-electron chi connectivity index (χ1n) is 21.5. The summed E-state index contributed by atoms with van der Waals surface area (Å²) in [6.45, 7) is 44.4. The molecule has 6 rings (SSSR count). The average molecular weight is 819 g/mol. The second-order valence-corrected chi connectivity index (χ2v) is 24.5. The summed E-state index contributed by atoms with van der Waals surface area (Å²) in [5.41, 5.74) is 12.1. The smallest absolute Gasteiger partial charge is 0.425 e. The van der Waals surface area contributed by atoms with Gasteiger partial charge in [0.25, 0.3) is 0 Å². The molecule has 0 aromatic heterocycles. The van der Waals surface area contributed by atoms with Crippen LogP contribution in [0.4, 0.5) is 0 Å². The van der Waals surface area contributed by atoms with Crippen molar-refractivity contribution in [3.63, 3.8) is 0 Å². The fourth-order valence-electron chi connectivity index (χ4n) is 8.19. The van der Waals surface area contributed by atoms with Gasteiger partial charge in [-0.15, -0.1) is 0 Å². The third-order valence-corrected chi connectivity index (χ3v) is 12.9. The van der Waals surface area contributed by atoms with Gasteiger partial charge in [0.05, 0.1) is 0 Å². The van der Waals surface area contributed by atoms with E-state index in [9.17, 15) is 4.79 Å². The van der Waals surface area contributed by atoms with E-state index in [0.717, 1.165) is 61.6 Å². The lowest BCUT2D eigenvalue weighted by atomic mass is 9.76. The Morgan fingerprint density at radius 2 is 0.881 bits per heavy atom. The molecule has 0 saturated heterocycles. The van der Waals surface area contributed by atoms with Crippen LogP contribution in [0.1, 0.15) is 197 Å². The highest BCUT2D eigenvalue weighted by Gasteiger charge is 2.41. The maximum absolute atomic E-state index is 13.9. The maximum Gasteiger partial charge on any atom is 0.530 e. The van der Waals surface area contributed by atoms with Crippen LogP contribution in [0.5, 0.6) is 23.0 Å². The van der Waals surface area contributed by atoms with Crippen LogP contribution in [0.25, 0.3) is 0 Å². The average Bonchev–Trinajstić information content (AvgIpc) is 3.38. The fraction of sp³-hybridized carbons (Fsp3) is 0.528. The Labute approximate surface area is 358 Å². The molecule has 1 unspecified atom stereocenters. The van der Waals surface area contributed by atoms with Gasteiger partial charge in [0, 0.05) is 28.7 Å². The number of hydrogen-bond donors (Lipinski definition) is 0. The van der Waals surface area contributed by atoms with Crippen molar-refractivity contribution < 1.29 is 23.1 Å². The number of fused-ring (bicyclic) bond motifs is 3. The largest absolute Gasteiger partial charge is 0.530 e. The minimum atomic E-state index is -2.00. The van der Waals surface area contributed by atoms with Crippen molar-refractivity contribution in [2.24, 2.45) is 0 Å². The van der Waals surface area contributed by atoms with Gasteiger partial charge >= 0.3 is 14.6 Å². The topological polar surface area (TPSA) is 54.0 Å². The highest BCUT2D eigenvalue weighted by atomic mass is 31.2. The summed E-state index contributed by atoms with van der Waals surface area (Å²) >= 11 is 0. The lowest BCUT2D eigenvalue weighted by Crippen LogP contribution is -2.22. The number of ether oxygens (including phenoxy) is 1. The van der Waals surface area contributed by atoms with Gasteiger partial charge in [0.15, 0.2) is 0 Å². The molecule has 0 fully saturated rings. The van der Waals surface area contributed by atoms with E-state index in [0.29, 0.717) is 17.9 Å². The summed E-state index contributed by atoms with van der Waals surface area (Å²) in [6.07, 6.45) is 0.674. The molecular formula is C53H71O5P. The summed E-state index contributed by atoms with van der Waals surface area (Å²) in [7, 11) is -2.00. The van der Waals surface area contributed by atoms with Crippen molar-refractivity contribution in [2.45, 2.75) is 183 Å². The van der Waals surface area contributed by atoms with Crippen molar-refractivity contribution in [1.29, 1.82) is 0 Å². The van der Waals surface area contributed by atoms with Gasteiger partial charge in [-0.2, -0.15) is 0 Å². The molecule has 0 aliphatic carbocycles. The predicted octanol–water partition coefficient (Wildman–Crippen LogP) is 14.8. The van der Waals surface area contributed by atoms with E-state index in [-0.39, 0.29) is 38.5 Å². The van der Waals surface area contributed by atoms with Crippen LogP contribution in [0.3, 0.4) is 0 Å². The first-order valence-corrected chi connectivity index (χ1v) is 22.6. The Kier molecular flexibility index (Phi) is 11.1. The summed E-state index contributed by atoms with van der Waals surface area (Å²) in [5, 5.41) is 0. The Balaban J connectivity index is 1.52. The van der Waals surface area contributed by atoms with Crippen molar-refractivity contribution in [3.05, 3.63) is 115 Å². The minimum absolute atomic E-state index is 0.0629. The van der Waals surface area contributed by atoms with Crippen LogP contribution in [-0.2, 0) is 43.7 Å². The lowest BCUT2D eigenvalue weighted by Gasteiger charge is -2.34. The highest BCUT2D eigenvalue weighted by molar-refractivity contribution is 7.43. The normalized spacial score (nSPS) is 16.6. The summed E-state index contributed by atoms with van der Waals surface area (Å²) in [6, 6.07) is 17.9. The van der Waals surface area contributed by atoms with E-state index in [1.165, 1.54) is 16.7 Å². The van der Waals surface area contributed by atoms with Crippen molar-refractivity contribution in [1.82, 2.24) is 0 Å². The molecule has 0 radical (unpaired) electrons. The summed E-state index contributed by atoms with van der Waals surface area (Å²) in [4.78, 5) is 13.9. The van der Waals surface area contributed by atoms with Crippen LogP contribution >= 0.6 is 8.60 Å². The Morgan fingerprint density at radius 3 is 1.25 bits per heavy atom. The molecule has 4 aromatic carbocycles. The van der Waals surface area contributed by atoms with E-state index >= 15 is 0 Å². The molecule has 2 heterocycles. The monoisotopic (exact) mass is 819 g/mol. The van der Waals surface area contributed by atoms with Gasteiger partial charge in [-0.25, -0.2) is 0 Å². The van der Waals surface area contributed by atoms with Crippen molar-refractivity contribution in [3.8, 4) is 23.0 Å². The molecule has 318 valence electrons. The molecule has 59 heavy (non-hydrogen) atoms. The van der Waals surface area contributed by atoms with Crippen LogP contribution in [0.15, 0.2) is 48.5 Å². The zero-order chi connectivity index (χ0) is 44.2. The molecule has 1 atom stereocenters. The molecular weight excluding hydrogens is 748 g/mol. The van der Waals surface area contributed by atoms with Crippen LogP contribution in [0.2, 0.25) is 0 Å². The molecule has 0 bridgehead atoms. The molecule has 0 saturated carbocycles. The number of esters is 1. The van der Waals surface area contributed by atoms with E-state index in [4.69, 9.17) is 18.3 Å². The summed E-state index contributed by atoms with van der Waals surface area (Å²) < 4.78 is 27.5. The zero-order valence-corrected chi connectivity index (χ0v) is 40.8. The number of carbonyl (C=O) groups excluding carboxylic acids is 1. The van der Waals surface area contributed by atoms with E-state index < -0.39 is 14.5 Å². The van der Waals surface area contributed by atoms with Gasteiger partial charge in [-0.05, 0) is 90.8 Å². The molecule has 2 aliphatic rings. The molecule has 2 aliphatic heterocycles. The van der Waals surface area contributed by atoms with Gasteiger partial charge in [-0.3, -0.25) is 4.79 Å².